The number of hydrogen-bond donors (Lipinski definition) is 2. The second kappa shape index (κ2) is 8.98. The third-order valence-corrected chi connectivity index (χ3v) is 4.90. The van der Waals surface area contributed by atoms with Crippen LogP contribution in [0, 0.1) is 6.92 Å². The van der Waals surface area contributed by atoms with Crippen LogP contribution in [-0.2, 0) is 16.0 Å². The van der Waals surface area contributed by atoms with Crippen LogP contribution in [0.5, 0.6) is 0 Å². The molecule has 0 atom stereocenters. The van der Waals surface area contributed by atoms with Gasteiger partial charge in [-0.2, -0.15) is 0 Å². The summed E-state index contributed by atoms with van der Waals surface area (Å²) in [5.74, 6) is -0.870. The molecule has 1 fully saturated rings. The van der Waals surface area contributed by atoms with Crippen molar-refractivity contribution < 1.29 is 19.1 Å². The number of rotatable bonds is 7. The largest absolute Gasteiger partial charge is 0.465 e. The van der Waals surface area contributed by atoms with Crippen LogP contribution in [-0.4, -0.2) is 60.3 Å². The van der Waals surface area contributed by atoms with Gasteiger partial charge in [0.15, 0.2) is 5.78 Å². The number of Topliss-reactive ketones (excluding diaryl/α,β-unsaturated/α-hetero) is 1. The number of amides is 1. The minimum absolute atomic E-state index is 0.0216. The highest BCUT2D eigenvalue weighted by molar-refractivity contribution is 6.01. The molecule has 0 saturated carbocycles. The fourth-order valence-electron chi connectivity index (χ4n) is 3.58. The number of piperidine rings is 1. The lowest BCUT2D eigenvalue weighted by atomic mass is 10.0. The first-order chi connectivity index (χ1) is 12.4. The lowest BCUT2D eigenvalue weighted by Crippen LogP contribution is -2.45. The number of H-pyrrole nitrogens is 1. The maximum absolute atomic E-state index is 12.5. The summed E-state index contributed by atoms with van der Waals surface area (Å²) in [4.78, 5) is 41.6. The molecule has 144 valence electrons. The zero-order valence-electron chi connectivity index (χ0n) is 16.1. The lowest BCUT2D eigenvalue weighted by Gasteiger charge is -2.32. The highest BCUT2D eigenvalue weighted by Gasteiger charge is 2.26. The molecule has 2 heterocycles. The predicted octanol–water partition coefficient (Wildman–Crippen LogP) is 1.85. The maximum atomic E-state index is 12.5. The molecule has 0 spiro atoms. The molecule has 0 bridgehead atoms. The number of carbonyl (C=O) groups is 3. The molecule has 1 amide bonds. The van der Waals surface area contributed by atoms with Gasteiger partial charge in [0.1, 0.15) is 0 Å². The van der Waals surface area contributed by atoms with Gasteiger partial charge in [0, 0.05) is 31.7 Å². The molecular formula is C19H29N3O4. The van der Waals surface area contributed by atoms with Gasteiger partial charge in [-0.15, -0.1) is 0 Å². The summed E-state index contributed by atoms with van der Waals surface area (Å²) in [6, 6.07) is 0.153. The van der Waals surface area contributed by atoms with Gasteiger partial charge < -0.3 is 19.9 Å². The molecule has 1 aliphatic rings. The summed E-state index contributed by atoms with van der Waals surface area (Å²) >= 11 is 0. The first-order valence-corrected chi connectivity index (χ1v) is 9.19. The molecule has 7 heteroatoms. The zero-order chi connectivity index (χ0) is 19.3. The molecule has 0 radical (unpaired) electrons. The SMILES string of the molecule is CCCN1CCC(NC(=O)Cc2[nH]c(C(C)=O)c(C)c2C(=O)OC)CC1. The fraction of sp³-hybridized carbons (Fsp3) is 0.632. The normalized spacial score (nSPS) is 15.7. The van der Waals surface area contributed by atoms with Gasteiger partial charge in [-0.25, -0.2) is 4.79 Å². The van der Waals surface area contributed by atoms with E-state index in [1.165, 1.54) is 14.0 Å². The van der Waals surface area contributed by atoms with Crippen molar-refractivity contribution in [1.29, 1.82) is 0 Å². The van der Waals surface area contributed by atoms with Crippen LogP contribution >= 0.6 is 0 Å². The van der Waals surface area contributed by atoms with E-state index in [0.29, 0.717) is 17.0 Å². The molecule has 1 aromatic rings. The number of methoxy groups -OCH3 is 1. The summed E-state index contributed by atoms with van der Waals surface area (Å²) in [7, 11) is 1.29. The van der Waals surface area contributed by atoms with E-state index < -0.39 is 5.97 Å². The number of ketones is 1. The topological polar surface area (TPSA) is 91.5 Å². The lowest BCUT2D eigenvalue weighted by molar-refractivity contribution is -0.121. The number of likely N-dealkylation sites (tertiary alicyclic amines) is 1. The molecule has 2 N–H and O–H groups in total. The van der Waals surface area contributed by atoms with Gasteiger partial charge >= 0.3 is 5.97 Å². The fourth-order valence-corrected chi connectivity index (χ4v) is 3.58. The third-order valence-electron chi connectivity index (χ3n) is 4.90. The quantitative estimate of drug-likeness (QED) is 0.570. The number of aromatic nitrogens is 1. The second-order valence-electron chi connectivity index (χ2n) is 6.89. The molecule has 7 nitrogen and oxygen atoms in total. The minimum Gasteiger partial charge on any atom is -0.465 e. The van der Waals surface area contributed by atoms with Gasteiger partial charge in [0.25, 0.3) is 0 Å². The van der Waals surface area contributed by atoms with E-state index in [0.717, 1.165) is 38.9 Å². The summed E-state index contributed by atoms with van der Waals surface area (Å²) in [5, 5.41) is 3.05. The summed E-state index contributed by atoms with van der Waals surface area (Å²) in [5.41, 5.74) is 1.59. The third kappa shape index (κ3) is 4.72. The highest BCUT2D eigenvalue weighted by Crippen LogP contribution is 2.21. The van der Waals surface area contributed by atoms with E-state index >= 15 is 0 Å². The first-order valence-electron chi connectivity index (χ1n) is 9.19. The van der Waals surface area contributed by atoms with Crippen molar-refractivity contribution in [1.82, 2.24) is 15.2 Å². The van der Waals surface area contributed by atoms with Gasteiger partial charge in [0.05, 0.1) is 24.8 Å². The van der Waals surface area contributed by atoms with Crippen molar-refractivity contribution in [3.8, 4) is 0 Å². The van der Waals surface area contributed by atoms with Crippen molar-refractivity contribution in [2.75, 3.05) is 26.7 Å². The van der Waals surface area contributed by atoms with Crippen LogP contribution in [0.2, 0.25) is 0 Å². The molecule has 1 aromatic heterocycles. The smallest absolute Gasteiger partial charge is 0.339 e. The molecule has 2 rings (SSSR count). The molecule has 1 saturated heterocycles. The Labute approximate surface area is 154 Å². The van der Waals surface area contributed by atoms with Crippen molar-refractivity contribution >= 4 is 17.7 Å². The van der Waals surface area contributed by atoms with Crippen LogP contribution in [0.15, 0.2) is 0 Å². The Balaban J connectivity index is 2.04. The van der Waals surface area contributed by atoms with Crippen molar-refractivity contribution in [3.05, 3.63) is 22.5 Å². The number of ether oxygens (including phenoxy) is 1. The van der Waals surface area contributed by atoms with Gasteiger partial charge in [-0.05, 0) is 38.3 Å². The van der Waals surface area contributed by atoms with Gasteiger partial charge in [-0.1, -0.05) is 6.92 Å². The molecule has 0 aromatic carbocycles. The Hall–Kier alpha value is -2.15. The molecule has 0 aliphatic carbocycles. The van der Waals surface area contributed by atoms with Crippen LogP contribution in [0.4, 0.5) is 0 Å². The highest BCUT2D eigenvalue weighted by atomic mass is 16.5. The van der Waals surface area contributed by atoms with Crippen molar-refractivity contribution in [2.24, 2.45) is 0 Å². The van der Waals surface area contributed by atoms with E-state index in [1.54, 1.807) is 6.92 Å². The minimum atomic E-state index is -0.540. The summed E-state index contributed by atoms with van der Waals surface area (Å²) in [6.45, 7) is 8.35. The zero-order valence-corrected chi connectivity index (χ0v) is 16.1. The van der Waals surface area contributed by atoms with E-state index in [1.807, 2.05) is 0 Å². The Bertz CT molecular complexity index is 673. The number of aromatic amines is 1. The van der Waals surface area contributed by atoms with E-state index in [4.69, 9.17) is 4.74 Å². The van der Waals surface area contributed by atoms with Crippen LogP contribution in [0.3, 0.4) is 0 Å². The van der Waals surface area contributed by atoms with Gasteiger partial charge in [-0.3, -0.25) is 9.59 Å². The molecule has 1 aliphatic heterocycles. The Morgan fingerprint density at radius 2 is 1.92 bits per heavy atom. The number of nitrogens with zero attached hydrogens (tertiary/aromatic N) is 1. The summed E-state index contributed by atoms with van der Waals surface area (Å²) in [6.07, 6.45) is 3.02. The predicted molar refractivity (Wildman–Crippen MR) is 98.5 cm³/mol. The van der Waals surface area contributed by atoms with Crippen LogP contribution < -0.4 is 5.32 Å². The molecule has 0 unspecified atom stereocenters. The van der Waals surface area contributed by atoms with E-state index in [-0.39, 0.29) is 29.7 Å². The summed E-state index contributed by atoms with van der Waals surface area (Å²) < 4.78 is 4.81. The number of carbonyl (C=O) groups excluding carboxylic acids is 3. The van der Waals surface area contributed by atoms with Crippen molar-refractivity contribution in [2.45, 2.75) is 52.5 Å². The number of nitrogens with one attached hydrogen (secondary N) is 2. The average molecular weight is 363 g/mol. The number of esters is 1. The average Bonchev–Trinajstić information content (AvgIpc) is 2.92. The van der Waals surface area contributed by atoms with E-state index in [9.17, 15) is 14.4 Å². The Kier molecular flexibility index (Phi) is 6.97. The standard InChI is InChI=1S/C19H29N3O4/c1-5-8-22-9-6-14(7-10-22)20-16(24)11-15-17(19(25)26-4)12(2)18(21-15)13(3)23/h14,21H,5-11H2,1-4H3,(H,20,24). The van der Waals surface area contributed by atoms with Crippen LogP contribution in [0.1, 0.15) is 65.2 Å². The van der Waals surface area contributed by atoms with E-state index in [2.05, 4.69) is 22.1 Å². The Morgan fingerprint density at radius 1 is 1.27 bits per heavy atom. The monoisotopic (exact) mass is 363 g/mol. The molecule has 26 heavy (non-hydrogen) atoms. The maximum Gasteiger partial charge on any atom is 0.339 e. The number of hydrogen-bond acceptors (Lipinski definition) is 5. The van der Waals surface area contributed by atoms with Crippen molar-refractivity contribution in [3.63, 3.8) is 0 Å². The second-order valence-corrected chi connectivity index (χ2v) is 6.89. The Morgan fingerprint density at radius 3 is 2.46 bits per heavy atom. The van der Waals surface area contributed by atoms with Gasteiger partial charge in [0.2, 0.25) is 5.91 Å². The first kappa shape index (κ1) is 20.2. The van der Waals surface area contributed by atoms with Crippen LogP contribution in [0.25, 0.3) is 0 Å². The molecular weight excluding hydrogens is 334 g/mol.